The summed E-state index contributed by atoms with van der Waals surface area (Å²) in [5, 5.41) is 0. The minimum Gasteiger partial charge on any atom is -0.381 e. The van der Waals surface area contributed by atoms with Crippen molar-refractivity contribution in [1.29, 1.82) is 0 Å². The molecule has 0 saturated carbocycles. The van der Waals surface area contributed by atoms with E-state index in [4.69, 9.17) is 4.74 Å². The fourth-order valence-corrected chi connectivity index (χ4v) is 2.90. The lowest BCUT2D eigenvalue weighted by molar-refractivity contribution is 0.0779. The summed E-state index contributed by atoms with van der Waals surface area (Å²) in [6.45, 7) is 5.61. The molecule has 17 heavy (non-hydrogen) atoms. The standard InChI is InChI=1S/C12H17IN2O2/c1-7(2)10-9(13)12(16)15-11(14-10)8-4-3-5-17-6-8/h7-8H,3-6H2,1-2H3,(H,14,15,16). The normalized spacial score (nSPS) is 20.8. The lowest BCUT2D eigenvalue weighted by Gasteiger charge is -2.22. The first kappa shape index (κ1) is 13.0. The predicted octanol–water partition coefficient (Wildman–Crippen LogP) is 2.39. The molecule has 94 valence electrons. The van der Waals surface area contributed by atoms with Crippen molar-refractivity contribution in [1.82, 2.24) is 9.97 Å². The third-order valence-corrected chi connectivity index (χ3v) is 4.04. The fourth-order valence-electron chi connectivity index (χ4n) is 2.03. The number of hydrogen-bond donors (Lipinski definition) is 1. The van der Waals surface area contributed by atoms with E-state index in [9.17, 15) is 4.79 Å². The van der Waals surface area contributed by atoms with Crippen molar-refractivity contribution in [3.63, 3.8) is 0 Å². The number of hydrogen-bond acceptors (Lipinski definition) is 3. The van der Waals surface area contributed by atoms with Crippen LogP contribution in [0.3, 0.4) is 0 Å². The molecule has 1 aromatic rings. The molecule has 1 N–H and O–H groups in total. The zero-order valence-electron chi connectivity index (χ0n) is 10.1. The van der Waals surface area contributed by atoms with Gasteiger partial charge in [0, 0.05) is 12.5 Å². The lowest BCUT2D eigenvalue weighted by Crippen LogP contribution is -2.24. The van der Waals surface area contributed by atoms with Crippen LogP contribution in [0.5, 0.6) is 0 Å². The van der Waals surface area contributed by atoms with Gasteiger partial charge >= 0.3 is 0 Å². The van der Waals surface area contributed by atoms with E-state index in [-0.39, 0.29) is 17.4 Å². The van der Waals surface area contributed by atoms with E-state index in [0.29, 0.717) is 10.2 Å². The van der Waals surface area contributed by atoms with Crippen LogP contribution >= 0.6 is 22.6 Å². The van der Waals surface area contributed by atoms with E-state index in [2.05, 4.69) is 46.4 Å². The van der Waals surface area contributed by atoms with Gasteiger partial charge in [0.15, 0.2) is 0 Å². The molecule has 1 unspecified atom stereocenters. The van der Waals surface area contributed by atoms with Crippen molar-refractivity contribution in [3.8, 4) is 0 Å². The smallest absolute Gasteiger partial charge is 0.264 e. The molecule has 0 aromatic carbocycles. The molecule has 2 rings (SSSR count). The monoisotopic (exact) mass is 348 g/mol. The van der Waals surface area contributed by atoms with Gasteiger partial charge in [0.25, 0.3) is 5.56 Å². The molecule has 1 aromatic heterocycles. The van der Waals surface area contributed by atoms with Crippen LogP contribution in [0.4, 0.5) is 0 Å². The van der Waals surface area contributed by atoms with Crippen LogP contribution in [0.15, 0.2) is 4.79 Å². The van der Waals surface area contributed by atoms with Gasteiger partial charge in [-0.05, 0) is 41.4 Å². The Morgan fingerprint density at radius 2 is 2.29 bits per heavy atom. The van der Waals surface area contributed by atoms with Crippen molar-refractivity contribution in [3.05, 3.63) is 25.4 Å². The van der Waals surface area contributed by atoms with Gasteiger partial charge in [0.1, 0.15) is 5.82 Å². The maximum atomic E-state index is 11.9. The molecular weight excluding hydrogens is 331 g/mol. The van der Waals surface area contributed by atoms with Gasteiger partial charge in [-0.15, -0.1) is 0 Å². The average Bonchev–Trinajstić information content (AvgIpc) is 2.33. The minimum atomic E-state index is -0.0233. The van der Waals surface area contributed by atoms with Crippen LogP contribution in [0.25, 0.3) is 0 Å². The van der Waals surface area contributed by atoms with Gasteiger partial charge in [-0.25, -0.2) is 4.98 Å². The molecule has 1 atom stereocenters. The molecule has 1 aliphatic rings. The Hall–Kier alpha value is -0.430. The highest BCUT2D eigenvalue weighted by molar-refractivity contribution is 14.1. The molecule has 0 aliphatic carbocycles. The molecule has 0 radical (unpaired) electrons. The SMILES string of the molecule is CC(C)c1nc(C2CCCOC2)[nH]c(=O)c1I. The quantitative estimate of drug-likeness (QED) is 0.835. The second kappa shape index (κ2) is 5.48. The molecule has 1 fully saturated rings. The van der Waals surface area contributed by atoms with Gasteiger partial charge in [-0.3, -0.25) is 4.79 Å². The van der Waals surface area contributed by atoms with E-state index >= 15 is 0 Å². The fraction of sp³-hybridized carbons (Fsp3) is 0.667. The molecule has 5 heteroatoms. The van der Waals surface area contributed by atoms with Crippen LogP contribution < -0.4 is 5.56 Å². The summed E-state index contributed by atoms with van der Waals surface area (Å²) in [4.78, 5) is 19.4. The summed E-state index contributed by atoms with van der Waals surface area (Å²) in [6, 6.07) is 0. The number of ether oxygens (including phenoxy) is 1. The largest absolute Gasteiger partial charge is 0.381 e. The Balaban J connectivity index is 2.37. The van der Waals surface area contributed by atoms with Crippen LogP contribution in [0.2, 0.25) is 0 Å². The average molecular weight is 348 g/mol. The van der Waals surface area contributed by atoms with Gasteiger partial charge in [0.05, 0.1) is 15.9 Å². The Bertz CT molecular complexity index is 450. The van der Waals surface area contributed by atoms with Crippen molar-refractivity contribution >= 4 is 22.6 Å². The van der Waals surface area contributed by atoms with Crippen molar-refractivity contribution < 1.29 is 4.74 Å². The Morgan fingerprint density at radius 3 is 2.88 bits per heavy atom. The highest BCUT2D eigenvalue weighted by Gasteiger charge is 2.21. The Labute approximate surface area is 114 Å². The first-order chi connectivity index (χ1) is 8.09. The van der Waals surface area contributed by atoms with Crippen LogP contribution in [-0.2, 0) is 4.74 Å². The van der Waals surface area contributed by atoms with Crippen LogP contribution in [-0.4, -0.2) is 23.2 Å². The number of nitrogens with zero attached hydrogens (tertiary/aromatic N) is 1. The summed E-state index contributed by atoms with van der Waals surface area (Å²) in [6.07, 6.45) is 2.08. The second-order valence-corrected chi connectivity index (χ2v) is 5.80. The van der Waals surface area contributed by atoms with Crippen LogP contribution in [0.1, 0.15) is 50.0 Å². The number of rotatable bonds is 2. The van der Waals surface area contributed by atoms with Gasteiger partial charge in [-0.1, -0.05) is 13.8 Å². The van der Waals surface area contributed by atoms with Crippen LogP contribution in [0, 0.1) is 3.57 Å². The zero-order valence-corrected chi connectivity index (χ0v) is 12.3. The van der Waals surface area contributed by atoms with E-state index in [1.54, 1.807) is 0 Å². The van der Waals surface area contributed by atoms with Crippen molar-refractivity contribution in [2.75, 3.05) is 13.2 Å². The molecule has 0 spiro atoms. The van der Waals surface area contributed by atoms with E-state index in [0.717, 1.165) is 31.0 Å². The number of halogens is 1. The number of H-pyrrole nitrogens is 1. The van der Waals surface area contributed by atoms with Crippen molar-refractivity contribution in [2.24, 2.45) is 0 Å². The van der Waals surface area contributed by atoms with E-state index in [1.807, 2.05) is 0 Å². The van der Waals surface area contributed by atoms with Gasteiger partial charge in [0.2, 0.25) is 0 Å². The van der Waals surface area contributed by atoms with E-state index in [1.165, 1.54) is 0 Å². The molecule has 4 nitrogen and oxygen atoms in total. The molecule has 1 aliphatic heterocycles. The number of nitrogens with one attached hydrogen (secondary N) is 1. The second-order valence-electron chi connectivity index (χ2n) is 4.72. The molecule has 0 bridgehead atoms. The summed E-state index contributed by atoms with van der Waals surface area (Å²) in [5.74, 6) is 1.30. The molecule has 0 amide bonds. The predicted molar refractivity (Wildman–Crippen MR) is 74.5 cm³/mol. The minimum absolute atomic E-state index is 0.0233. The van der Waals surface area contributed by atoms with Gasteiger partial charge < -0.3 is 9.72 Å². The number of aromatic amines is 1. The summed E-state index contributed by atoms with van der Waals surface area (Å²) in [5.41, 5.74) is 0.875. The maximum Gasteiger partial charge on any atom is 0.264 e. The molecule has 2 heterocycles. The number of aromatic nitrogens is 2. The summed E-state index contributed by atoms with van der Waals surface area (Å²) >= 11 is 2.07. The highest BCUT2D eigenvalue weighted by atomic mass is 127. The Kier molecular flexibility index (Phi) is 4.19. The first-order valence-corrected chi connectivity index (χ1v) is 7.04. The lowest BCUT2D eigenvalue weighted by atomic mass is 10.0. The zero-order chi connectivity index (χ0) is 12.4. The third-order valence-electron chi connectivity index (χ3n) is 3.00. The Morgan fingerprint density at radius 1 is 1.53 bits per heavy atom. The molecule has 1 saturated heterocycles. The molecular formula is C12H17IN2O2. The van der Waals surface area contributed by atoms with E-state index < -0.39 is 0 Å². The first-order valence-electron chi connectivity index (χ1n) is 5.97. The van der Waals surface area contributed by atoms with Gasteiger partial charge in [-0.2, -0.15) is 0 Å². The topological polar surface area (TPSA) is 55.0 Å². The maximum absolute atomic E-state index is 11.9. The highest BCUT2D eigenvalue weighted by Crippen LogP contribution is 2.24. The van der Waals surface area contributed by atoms with Crippen molar-refractivity contribution in [2.45, 2.75) is 38.5 Å². The summed E-state index contributed by atoms with van der Waals surface area (Å²) < 4.78 is 6.15. The third kappa shape index (κ3) is 2.88. The summed E-state index contributed by atoms with van der Waals surface area (Å²) in [7, 11) is 0.